The lowest BCUT2D eigenvalue weighted by molar-refractivity contribution is -0.140. The number of hydrogen-bond donors (Lipinski definition) is 1. The molecule has 1 aliphatic carbocycles. The number of aliphatic imine (C=N–C) groups is 2. The zero-order chi connectivity index (χ0) is 29.4. The molecule has 3 aliphatic heterocycles. The second-order valence-electron chi connectivity index (χ2n) is 11.4. The molecule has 1 aromatic heterocycles. The van der Waals surface area contributed by atoms with Gasteiger partial charge >= 0.3 is 5.97 Å². The van der Waals surface area contributed by atoms with Crippen molar-refractivity contribution in [2.75, 3.05) is 7.11 Å². The van der Waals surface area contributed by atoms with Gasteiger partial charge in [-0.2, -0.15) is 0 Å². The second kappa shape index (κ2) is 11.5. The summed E-state index contributed by atoms with van der Waals surface area (Å²) in [6, 6.07) is 0.0904. The molecule has 1 unspecified atom stereocenters. The minimum atomic E-state index is -0.177. The average molecular weight is 548 g/mol. The van der Waals surface area contributed by atoms with Crippen LogP contribution in [-0.4, -0.2) is 35.5 Å². The monoisotopic (exact) mass is 547 g/mol. The first-order chi connectivity index (χ1) is 19.7. The van der Waals surface area contributed by atoms with E-state index in [1.807, 2.05) is 12.2 Å². The summed E-state index contributed by atoms with van der Waals surface area (Å²) < 4.78 is 4.99. The molecule has 41 heavy (non-hydrogen) atoms. The first-order valence-electron chi connectivity index (χ1n) is 14.6. The van der Waals surface area contributed by atoms with Crippen LogP contribution in [0.1, 0.15) is 77.3 Å². The maximum Gasteiger partial charge on any atom is 0.305 e. The molecule has 1 N–H and O–H groups in total. The molecule has 0 amide bonds. The van der Waals surface area contributed by atoms with Crippen molar-refractivity contribution >= 4 is 35.6 Å². The van der Waals surface area contributed by atoms with Gasteiger partial charge in [0.05, 0.1) is 30.3 Å². The zero-order valence-electron chi connectivity index (χ0n) is 25.3. The Morgan fingerprint density at radius 2 is 1.80 bits per heavy atom. The number of ether oxygens (including phenoxy) is 1. The predicted octanol–water partition coefficient (Wildman–Crippen LogP) is 6.68. The van der Waals surface area contributed by atoms with Crippen LogP contribution in [0.15, 0.2) is 85.6 Å². The van der Waals surface area contributed by atoms with E-state index in [0.29, 0.717) is 12.8 Å². The lowest BCUT2D eigenvalue weighted by atomic mass is 9.91. The lowest BCUT2D eigenvalue weighted by Crippen LogP contribution is -2.14. The fourth-order valence-electron chi connectivity index (χ4n) is 6.63. The normalized spacial score (nSPS) is 22.2. The summed E-state index contributed by atoms with van der Waals surface area (Å²) in [6.07, 6.45) is 15.2. The van der Waals surface area contributed by atoms with Gasteiger partial charge in [-0.1, -0.05) is 44.2 Å². The summed E-state index contributed by atoms with van der Waals surface area (Å²) in [5.41, 5.74) is 15.1. The van der Waals surface area contributed by atoms with Gasteiger partial charge in [-0.3, -0.25) is 9.79 Å². The molecule has 0 radical (unpaired) electrons. The second-order valence-corrected chi connectivity index (χ2v) is 11.4. The van der Waals surface area contributed by atoms with Crippen LogP contribution < -0.4 is 10.7 Å². The molecule has 0 fully saturated rings. The standard InChI is InChI=1S/C36H41N3O2/c1-9-12-29-23(7)31-18-30-22(6)27(11-3)35(39-30)19-32-21(5)26(10-2)33(37-32)16-24-15-25(17-34(29)38-31)28(20(24)4)13-14-36(40)41-8/h10-11,16,18-19,34,37H,2-3,9,12-15,17H2,1,4-8H3/b30-18-,32-19?,33-16-. The Bertz CT molecular complexity index is 1710. The van der Waals surface area contributed by atoms with Gasteiger partial charge in [0.1, 0.15) is 0 Å². The molecular formula is C36H41N3O2. The molecule has 212 valence electrons. The van der Waals surface area contributed by atoms with E-state index in [0.717, 1.165) is 75.8 Å². The van der Waals surface area contributed by atoms with Crippen molar-refractivity contribution in [3.8, 4) is 0 Å². The maximum atomic E-state index is 12.1. The van der Waals surface area contributed by atoms with E-state index in [4.69, 9.17) is 14.7 Å². The van der Waals surface area contributed by atoms with Crippen LogP contribution in [0.25, 0.3) is 18.2 Å². The number of nitrogens with one attached hydrogen (secondary N) is 1. The smallest absolute Gasteiger partial charge is 0.305 e. The topological polar surface area (TPSA) is 66.8 Å². The lowest BCUT2D eigenvalue weighted by Gasteiger charge is -2.16. The number of fused-ring (bicyclic) bond motifs is 6. The summed E-state index contributed by atoms with van der Waals surface area (Å²) in [4.78, 5) is 26.2. The highest BCUT2D eigenvalue weighted by Gasteiger charge is 2.30. The molecular weight excluding hydrogens is 506 g/mol. The minimum absolute atomic E-state index is 0.0904. The quantitative estimate of drug-likeness (QED) is 0.387. The third-order valence-corrected chi connectivity index (χ3v) is 9.05. The van der Waals surface area contributed by atoms with Gasteiger partial charge < -0.3 is 9.72 Å². The third-order valence-electron chi connectivity index (χ3n) is 9.05. The van der Waals surface area contributed by atoms with E-state index in [1.165, 1.54) is 40.5 Å². The molecule has 0 spiro atoms. The van der Waals surface area contributed by atoms with Crippen molar-refractivity contribution in [1.82, 2.24) is 4.98 Å². The fourth-order valence-corrected chi connectivity index (χ4v) is 6.63. The molecule has 1 aromatic rings. The predicted molar refractivity (Wildman–Crippen MR) is 171 cm³/mol. The molecule has 8 bridgehead atoms. The summed E-state index contributed by atoms with van der Waals surface area (Å²) in [5, 5.41) is 2.05. The van der Waals surface area contributed by atoms with E-state index >= 15 is 0 Å². The highest BCUT2D eigenvalue weighted by molar-refractivity contribution is 6.25. The minimum Gasteiger partial charge on any atom is -0.469 e. The third kappa shape index (κ3) is 5.14. The number of esters is 1. The Kier molecular flexibility index (Phi) is 7.99. The van der Waals surface area contributed by atoms with E-state index < -0.39 is 0 Å². The number of carbonyl (C=O) groups is 1. The van der Waals surface area contributed by atoms with Gasteiger partial charge in [0.2, 0.25) is 0 Å². The van der Waals surface area contributed by atoms with Crippen molar-refractivity contribution in [3.63, 3.8) is 0 Å². The SMILES string of the molecule is C=CC1=C(C)/C2=C/C3=NC(CC4=C(CCC(=O)OC)C(C)=C(/C=c5\[nH]c(c(C)c5C=C)=CC1=N2)C4)C(CCC)=C3C. The Morgan fingerprint density at radius 1 is 1.02 bits per heavy atom. The summed E-state index contributed by atoms with van der Waals surface area (Å²) in [7, 11) is 1.46. The highest BCUT2D eigenvalue weighted by Crippen LogP contribution is 2.41. The number of aromatic amines is 1. The zero-order valence-corrected chi connectivity index (χ0v) is 25.3. The summed E-state index contributed by atoms with van der Waals surface area (Å²) >= 11 is 0. The number of nitrogens with zero attached hydrogens (tertiary/aromatic N) is 2. The van der Waals surface area contributed by atoms with E-state index in [-0.39, 0.29) is 12.0 Å². The first kappa shape index (κ1) is 28.5. The van der Waals surface area contributed by atoms with Crippen molar-refractivity contribution in [3.05, 3.63) is 97.4 Å². The maximum absolute atomic E-state index is 12.1. The van der Waals surface area contributed by atoms with E-state index in [1.54, 1.807) is 0 Å². The number of rotatable bonds is 7. The first-order valence-corrected chi connectivity index (χ1v) is 14.6. The molecule has 5 nitrogen and oxygen atoms in total. The number of H-pyrrole nitrogens is 1. The molecule has 5 rings (SSSR count). The van der Waals surface area contributed by atoms with Crippen molar-refractivity contribution in [1.29, 1.82) is 0 Å². The Balaban J connectivity index is 1.76. The molecule has 1 atom stereocenters. The van der Waals surface area contributed by atoms with Crippen LogP contribution in [0.4, 0.5) is 0 Å². The van der Waals surface area contributed by atoms with Gasteiger partial charge in [-0.05, 0) is 111 Å². The van der Waals surface area contributed by atoms with Gasteiger partial charge in [0.25, 0.3) is 0 Å². The fraction of sp³-hybridized carbons (Fsp3) is 0.361. The Morgan fingerprint density at radius 3 is 2.49 bits per heavy atom. The van der Waals surface area contributed by atoms with Crippen LogP contribution in [0, 0.1) is 6.92 Å². The largest absolute Gasteiger partial charge is 0.469 e. The van der Waals surface area contributed by atoms with Crippen molar-refractivity contribution in [2.24, 2.45) is 9.98 Å². The highest BCUT2D eigenvalue weighted by atomic mass is 16.5. The van der Waals surface area contributed by atoms with Crippen LogP contribution >= 0.6 is 0 Å². The molecule has 0 aromatic carbocycles. The Labute approximate surface area is 243 Å². The van der Waals surface area contributed by atoms with Crippen LogP contribution in [-0.2, 0) is 9.53 Å². The number of methoxy groups -OCH3 is 1. The molecule has 4 heterocycles. The van der Waals surface area contributed by atoms with E-state index in [2.05, 4.69) is 71.0 Å². The van der Waals surface area contributed by atoms with Crippen LogP contribution in [0.5, 0.6) is 0 Å². The summed E-state index contributed by atoms with van der Waals surface area (Å²) in [6.45, 7) is 19.1. The number of hydrogen-bond acceptors (Lipinski definition) is 4. The Hall–Kier alpha value is -3.99. The van der Waals surface area contributed by atoms with Crippen LogP contribution in [0.3, 0.4) is 0 Å². The van der Waals surface area contributed by atoms with E-state index in [9.17, 15) is 4.79 Å². The molecule has 0 saturated heterocycles. The van der Waals surface area contributed by atoms with Gasteiger partial charge in [-0.15, -0.1) is 0 Å². The van der Waals surface area contributed by atoms with Gasteiger partial charge in [0.15, 0.2) is 0 Å². The molecule has 4 aliphatic rings. The van der Waals surface area contributed by atoms with Crippen LogP contribution in [0.2, 0.25) is 0 Å². The van der Waals surface area contributed by atoms with Crippen molar-refractivity contribution < 1.29 is 9.53 Å². The summed E-state index contributed by atoms with van der Waals surface area (Å²) in [5.74, 6) is -0.177. The number of aromatic nitrogens is 1. The average Bonchev–Trinajstić information content (AvgIpc) is 3.61. The van der Waals surface area contributed by atoms with Gasteiger partial charge in [0, 0.05) is 28.3 Å². The number of carbonyl (C=O) groups excluding carboxylic acids is 1. The number of allylic oxidation sites excluding steroid dienone is 8. The molecule has 5 heteroatoms. The van der Waals surface area contributed by atoms with Crippen molar-refractivity contribution in [2.45, 2.75) is 79.2 Å². The molecule has 0 saturated carbocycles. The van der Waals surface area contributed by atoms with Gasteiger partial charge in [-0.25, -0.2) is 4.99 Å².